The number of nitrogens with one attached hydrogen (secondary N) is 1. The molecule has 2 aliphatic rings. The number of carbonyl (C=O) groups is 1. The number of rotatable bonds is 5. The molecule has 2 atom stereocenters. The molecule has 0 unspecified atom stereocenters. The molecule has 2 aliphatic heterocycles. The van der Waals surface area contributed by atoms with Crippen LogP contribution in [0.4, 0.5) is 5.69 Å². The monoisotopic (exact) mass is 364 g/mol. The van der Waals surface area contributed by atoms with Gasteiger partial charge in [0.15, 0.2) is 0 Å². The van der Waals surface area contributed by atoms with Gasteiger partial charge in [-0.05, 0) is 55.4 Å². The maximum absolute atomic E-state index is 13.0. The number of carbonyl (C=O) groups excluding carboxylic acids is 1. The van der Waals surface area contributed by atoms with Gasteiger partial charge < -0.3 is 15.0 Å². The quantitative estimate of drug-likeness (QED) is 0.882. The third-order valence-electron chi connectivity index (χ3n) is 5.98. The van der Waals surface area contributed by atoms with Crippen LogP contribution in [0.2, 0.25) is 0 Å². The van der Waals surface area contributed by atoms with Gasteiger partial charge in [-0.3, -0.25) is 4.79 Å². The van der Waals surface area contributed by atoms with E-state index in [2.05, 4.69) is 40.5 Å². The second kappa shape index (κ2) is 8.03. The van der Waals surface area contributed by atoms with E-state index in [4.69, 9.17) is 4.74 Å². The summed E-state index contributed by atoms with van der Waals surface area (Å²) in [4.78, 5) is 15.5. The minimum Gasteiger partial charge on any atom is -0.496 e. The van der Waals surface area contributed by atoms with Crippen LogP contribution in [0.15, 0.2) is 48.5 Å². The van der Waals surface area contributed by atoms with E-state index in [-0.39, 0.29) is 11.8 Å². The molecule has 142 valence electrons. The highest BCUT2D eigenvalue weighted by Gasteiger charge is 2.39. The number of methoxy groups -OCH3 is 1. The van der Waals surface area contributed by atoms with Crippen LogP contribution in [0.25, 0.3) is 0 Å². The fourth-order valence-electron chi connectivity index (χ4n) is 4.64. The number of ether oxygens (including phenoxy) is 1. The summed E-state index contributed by atoms with van der Waals surface area (Å²) in [7, 11) is 1.69. The van der Waals surface area contributed by atoms with E-state index >= 15 is 0 Å². The average molecular weight is 364 g/mol. The van der Waals surface area contributed by atoms with Crippen molar-refractivity contribution >= 4 is 11.6 Å². The second-order valence-corrected chi connectivity index (χ2v) is 7.55. The lowest BCUT2D eigenvalue weighted by molar-refractivity contribution is -0.125. The number of piperidine rings is 1. The number of anilines is 1. The smallest absolute Gasteiger partial charge is 0.225 e. The molecule has 1 saturated heterocycles. The van der Waals surface area contributed by atoms with Crippen molar-refractivity contribution in [2.75, 3.05) is 25.1 Å². The van der Waals surface area contributed by atoms with Gasteiger partial charge in [0, 0.05) is 24.8 Å². The maximum atomic E-state index is 13.0. The Bertz CT molecular complexity index is 804. The van der Waals surface area contributed by atoms with Crippen molar-refractivity contribution < 1.29 is 9.53 Å². The van der Waals surface area contributed by atoms with Crippen LogP contribution < -0.4 is 15.0 Å². The topological polar surface area (TPSA) is 41.6 Å². The first-order valence-corrected chi connectivity index (χ1v) is 10.0. The fourth-order valence-corrected chi connectivity index (χ4v) is 4.64. The molecule has 4 heteroatoms. The lowest BCUT2D eigenvalue weighted by Crippen LogP contribution is -2.53. The zero-order chi connectivity index (χ0) is 18.6. The Labute approximate surface area is 161 Å². The first-order chi connectivity index (χ1) is 13.3. The van der Waals surface area contributed by atoms with Gasteiger partial charge in [-0.15, -0.1) is 0 Å². The minimum absolute atomic E-state index is 0.0397. The Kier molecular flexibility index (Phi) is 5.33. The fraction of sp³-hybridized carbons (Fsp3) is 0.435. The Morgan fingerprint density at radius 1 is 1.15 bits per heavy atom. The van der Waals surface area contributed by atoms with Crippen molar-refractivity contribution in [1.82, 2.24) is 5.32 Å². The Morgan fingerprint density at radius 2 is 1.96 bits per heavy atom. The first kappa shape index (κ1) is 17.9. The van der Waals surface area contributed by atoms with Crippen LogP contribution in [0.5, 0.6) is 5.75 Å². The summed E-state index contributed by atoms with van der Waals surface area (Å²) in [6.45, 7) is 1.71. The first-order valence-electron chi connectivity index (χ1n) is 10.0. The molecule has 1 amide bonds. The zero-order valence-electron chi connectivity index (χ0n) is 16.0. The molecule has 2 heterocycles. The molecule has 2 aromatic carbocycles. The highest BCUT2D eigenvalue weighted by atomic mass is 16.5. The summed E-state index contributed by atoms with van der Waals surface area (Å²) in [5, 5.41) is 3.19. The molecule has 4 nitrogen and oxygen atoms in total. The van der Waals surface area contributed by atoms with Gasteiger partial charge in [-0.25, -0.2) is 0 Å². The van der Waals surface area contributed by atoms with E-state index in [1.54, 1.807) is 7.11 Å². The molecule has 2 aromatic rings. The minimum atomic E-state index is 0.0397. The zero-order valence-corrected chi connectivity index (χ0v) is 16.0. The van der Waals surface area contributed by atoms with Gasteiger partial charge in [0.05, 0.1) is 13.0 Å². The Hall–Kier alpha value is -2.49. The Balaban J connectivity index is 1.44. The molecular weight excluding hydrogens is 336 g/mol. The molecule has 27 heavy (non-hydrogen) atoms. The number of fused-ring (bicyclic) bond motifs is 3. The largest absolute Gasteiger partial charge is 0.496 e. The number of hydrogen-bond acceptors (Lipinski definition) is 3. The summed E-state index contributed by atoms with van der Waals surface area (Å²) < 4.78 is 5.41. The molecule has 1 fully saturated rings. The lowest BCUT2D eigenvalue weighted by atomic mass is 9.80. The summed E-state index contributed by atoms with van der Waals surface area (Å²) in [5.74, 6) is 1.12. The van der Waals surface area contributed by atoms with Gasteiger partial charge in [-0.2, -0.15) is 0 Å². The number of amides is 1. The van der Waals surface area contributed by atoms with Gasteiger partial charge in [0.25, 0.3) is 0 Å². The van der Waals surface area contributed by atoms with Crippen LogP contribution in [0.3, 0.4) is 0 Å². The van der Waals surface area contributed by atoms with Crippen LogP contribution in [-0.2, 0) is 17.6 Å². The molecule has 0 bridgehead atoms. The van der Waals surface area contributed by atoms with Crippen molar-refractivity contribution in [2.45, 2.75) is 38.1 Å². The third kappa shape index (κ3) is 3.66. The molecular formula is C23H28N2O2. The third-order valence-corrected chi connectivity index (χ3v) is 5.98. The van der Waals surface area contributed by atoms with Gasteiger partial charge in [0.2, 0.25) is 5.91 Å². The van der Waals surface area contributed by atoms with Crippen LogP contribution >= 0.6 is 0 Å². The van der Waals surface area contributed by atoms with Crippen molar-refractivity contribution in [1.29, 1.82) is 0 Å². The highest BCUT2D eigenvalue weighted by molar-refractivity contribution is 5.82. The molecule has 4 rings (SSSR count). The predicted molar refractivity (Wildman–Crippen MR) is 108 cm³/mol. The number of hydrogen-bond donors (Lipinski definition) is 1. The summed E-state index contributed by atoms with van der Waals surface area (Å²) in [6.07, 6.45) is 5.17. The SMILES string of the molecule is COc1ccccc1CCNC(=O)[C@H]1Cc2ccccc2N2CCCC[C@H]12. The van der Waals surface area contributed by atoms with E-state index < -0.39 is 0 Å². The second-order valence-electron chi connectivity index (χ2n) is 7.55. The molecule has 0 radical (unpaired) electrons. The maximum Gasteiger partial charge on any atom is 0.225 e. The average Bonchev–Trinajstić information content (AvgIpc) is 2.73. The van der Waals surface area contributed by atoms with E-state index in [1.807, 2.05) is 18.2 Å². The summed E-state index contributed by atoms with van der Waals surface area (Å²) in [6, 6.07) is 16.9. The number of para-hydroxylation sites is 2. The van der Waals surface area contributed by atoms with Crippen LogP contribution in [-0.4, -0.2) is 32.1 Å². The molecule has 0 saturated carbocycles. The predicted octanol–water partition coefficient (Wildman–Crippen LogP) is 3.59. The normalized spacial score (nSPS) is 21.1. The molecule has 0 aromatic heterocycles. The van der Waals surface area contributed by atoms with E-state index in [9.17, 15) is 4.79 Å². The standard InChI is InChI=1S/C23H28N2O2/c1-27-22-12-5-3-8-17(22)13-14-24-23(26)19-16-18-9-2-4-10-20(18)25-15-7-6-11-21(19)25/h2-5,8-10,12,19,21H,6-7,11,13-16H2,1H3,(H,24,26)/t19-,21+/m0/s1. The molecule has 1 N–H and O–H groups in total. The van der Waals surface area contributed by atoms with E-state index in [0.29, 0.717) is 12.6 Å². The van der Waals surface area contributed by atoms with Crippen molar-refractivity contribution in [3.05, 3.63) is 59.7 Å². The van der Waals surface area contributed by atoms with Crippen molar-refractivity contribution in [2.24, 2.45) is 5.92 Å². The van der Waals surface area contributed by atoms with Crippen LogP contribution in [0, 0.1) is 5.92 Å². The van der Waals surface area contributed by atoms with Gasteiger partial charge >= 0.3 is 0 Å². The van der Waals surface area contributed by atoms with E-state index in [0.717, 1.165) is 37.1 Å². The van der Waals surface area contributed by atoms with Crippen LogP contribution in [0.1, 0.15) is 30.4 Å². The molecule has 0 aliphatic carbocycles. The Morgan fingerprint density at radius 3 is 2.85 bits per heavy atom. The van der Waals surface area contributed by atoms with Gasteiger partial charge in [-0.1, -0.05) is 36.4 Å². The lowest BCUT2D eigenvalue weighted by Gasteiger charge is -2.46. The molecule has 0 spiro atoms. The number of benzene rings is 2. The highest BCUT2D eigenvalue weighted by Crippen LogP contribution is 2.38. The summed E-state index contributed by atoms with van der Waals surface area (Å²) in [5.41, 5.74) is 3.77. The van der Waals surface area contributed by atoms with E-state index in [1.165, 1.54) is 24.1 Å². The number of nitrogens with zero attached hydrogens (tertiary/aromatic N) is 1. The van der Waals surface area contributed by atoms with Crippen molar-refractivity contribution in [3.63, 3.8) is 0 Å². The van der Waals surface area contributed by atoms with Crippen molar-refractivity contribution in [3.8, 4) is 5.75 Å². The van der Waals surface area contributed by atoms with Gasteiger partial charge in [0.1, 0.15) is 5.75 Å². The summed E-state index contributed by atoms with van der Waals surface area (Å²) >= 11 is 0.